The van der Waals surface area contributed by atoms with Gasteiger partial charge in [-0.15, -0.1) is 0 Å². The van der Waals surface area contributed by atoms with E-state index in [0.717, 1.165) is 37.9 Å². The first-order valence-corrected chi connectivity index (χ1v) is 7.33. The van der Waals surface area contributed by atoms with Crippen LogP contribution in [0.3, 0.4) is 0 Å². The zero-order valence-electron chi connectivity index (χ0n) is 12.3. The van der Waals surface area contributed by atoms with Gasteiger partial charge in [0.25, 0.3) is 0 Å². The van der Waals surface area contributed by atoms with Gasteiger partial charge in [-0.1, -0.05) is 19.1 Å². The maximum absolute atomic E-state index is 11.1. The number of nitrogens with two attached hydrogens (primary N) is 1. The Hall–Kier alpha value is -1.46. The van der Waals surface area contributed by atoms with Gasteiger partial charge in [0.05, 0.1) is 6.20 Å². The van der Waals surface area contributed by atoms with Gasteiger partial charge in [0.2, 0.25) is 5.84 Å². The Morgan fingerprint density at radius 2 is 2.25 bits per heavy atom. The molecule has 0 saturated heterocycles. The molecular formula is C15H26N3O2+. The van der Waals surface area contributed by atoms with Crippen LogP contribution >= 0.6 is 0 Å². The van der Waals surface area contributed by atoms with Crippen molar-refractivity contribution in [2.45, 2.75) is 39.0 Å². The van der Waals surface area contributed by atoms with Crippen molar-refractivity contribution in [3.63, 3.8) is 0 Å². The zero-order valence-corrected chi connectivity index (χ0v) is 12.3. The molecule has 1 atom stereocenters. The quantitative estimate of drug-likeness (QED) is 0.366. The van der Waals surface area contributed by atoms with Crippen LogP contribution in [0, 0.1) is 0 Å². The molecule has 20 heavy (non-hydrogen) atoms. The van der Waals surface area contributed by atoms with Crippen molar-refractivity contribution >= 4 is 11.8 Å². The molecule has 0 amide bonds. The molecule has 5 heteroatoms. The summed E-state index contributed by atoms with van der Waals surface area (Å²) >= 11 is 0. The molecule has 3 N–H and O–H groups in total. The van der Waals surface area contributed by atoms with E-state index in [1.54, 1.807) is 6.20 Å². The molecule has 0 radical (unpaired) electrons. The largest absolute Gasteiger partial charge is 0.477 e. The standard InChI is InChI=1S/C15H25N3O2/c1-2-3-4-5-6-7-8-14-17-10-12-18(14,11-9-16)13-15(19)20/h3-4,10,12H,2,5-9,11,13,16H2,1H3/p+1/b4-3+. The molecule has 0 saturated carbocycles. The second kappa shape index (κ2) is 8.66. The highest BCUT2D eigenvalue weighted by molar-refractivity contribution is 5.81. The number of carboxylic acid groups (broad SMARTS) is 1. The molecule has 1 aliphatic rings. The van der Waals surface area contributed by atoms with Gasteiger partial charge in [0.15, 0.2) is 6.54 Å². The van der Waals surface area contributed by atoms with Gasteiger partial charge in [-0.25, -0.2) is 14.3 Å². The molecule has 112 valence electrons. The normalized spacial score (nSPS) is 21.6. The molecular weight excluding hydrogens is 254 g/mol. The number of unbranched alkanes of at least 4 members (excludes halogenated alkanes) is 2. The van der Waals surface area contributed by atoms with Gasteiger partial charge in [0, 0.05) is 13.0 Å². The molecule has 0 aliphatic carbocycles. The van der Waals surface area contributed by atoms with E-state index in [-0.39, 0.29) is 11.0 Å². The molecule has 0 bridgehead atoms. The summed E-state index contributed by atoms with van der Waals surface area (Å²) in [4.78, 5) is 15.4. The van der Waals surface area contributed by atoms with Crippen LogP contribution in [0.4, 0.5) is 0 Å². The van der Waals surface area contributed by atoms with Crippen molar-refractivity contribution in [3.8, 4) is 0 Å². The fourth-order valence-corrected chi connectivity index (χ4v) is 2.46. The van der Waals surface area contributed by atoms with Crippen molar-refractivity contribution in [1.29, 1.82) is 0 Å². The summed E-state index contributed by atoms with van der Waals surface area (Å²) in [6, 6.07) is 0. The number of carbonyl (C=O) groups is 1. The summed E-state index contributed by atoms with van der Waals surface area (Å²) in [6.45, 7) is 3.20. The van der Waals surface area contributed by atoms with Crippen LogP contribution in [-0.2, 0) is 4.79 Å². The third-order valence-corrected chi connectivity index (χ3v) is 3.46. The van der Waals surface area contributed by atoms with Crippen LogP contribution < -0.4 is 5.73 Å². The summed E-state index contributed by atoms with van der Waals surface area (Å²) in [5.41, 5.74) is 5.63. The summed E-state index contributed by atoms with van der Waals surface area (Å²) in [6.07, 6.45) is 13.1. The van der Waals surface area contributed by atoms with Crippen LogP contribution in [0.5, 0.6) is 0 Å². The van der Waals surface area contributed by atoms with Gasteiger partial charge in [0.1, 0.15) is 12.7 Å². The lowest BCUT2D eigenvalue weighted by Crippen LogP contribution is -2.52. The number of amidine groups is 1. The van der Waals surface area contributed by atoms with Gasteiger partial charge < -0.3 is 10.8 Å². The molecule has 1 heterocycles. The highest BCUT2D eigenvalue weighted by atomic mass is 16.4. The van der Waals surface area contributed by atoms with Gasteiger partial charge in [-0.05, 0) is 25.7 Å². The monoisotopic (exact) mass is 280 g/mol. The van der Waals surface area contributed by atoms with E-state index in [2.05, 4.69) is 24.1 Å². The highest BCUT2D eigenvalue weighted by Crippen LogP contribution is 2.20. The van der Waals surface area contributed by atoms with E-state index in [1.165, 1.54) is 0 Å². The van der Waals surface area contributed by atoms with E-state index in [4.69, 9.17) is 10.8 Å². The number of allylic oxidation sites excluding steroid dienone is 2. The summed E-state index contributed by atoms with van der Waals surface area (Å²) in [7, 11) is 0. The van der Waals surface area contributed by atoms with Gasteiger partial charge in [-0.3, -0.25) is 0 Å². The SMILES string of the molecule is CC/C=C/CCCCC1=NC=C[N+]1(CCN)CC(=O)O. The third-order valence-electron chi connectivity index (χ3n) is 3.46. The fourth-order valence-electron chi connectivity index (χ4n) is 2.46. The number of rotatable bonds is 10. The number of nitrogens with zero attached hydrogens (tertiary/aromatic N) is 2. The van der Waals surface area contributed by atoms with Crippen LogP contribution in [-0.4, -0.2) is 41.0 Å². The fraction of sp³-hybridized carbons (Fsp3) is 0.600. The molecule has 0 aromatic rings. The Morgan fingerprint density at radius 1 is 1.45 bits per heavy atom. The maximum Gasteiger partial charge on any atom is 0.360 e. The van der Waals surface area contributed by atoms with Crippen molar-refractivity contribution in [1.82, 2.24) is 0 Å². The number of aliphatic imine (C=N–C) groups is 1. The molecule has 1 rings (SSSR count). The van der Waals surface area contributed by atoms with Crippen molar-refractivity contribution in [2.75, 3.05) is 19.6 Å². The minimum Gasteiger partial charge on any atom is -0.477 e. The third kappa shape index (κ3) is 4.90. The van der Waals surface area contributed by atoms with E-state index >= 15 is 0 Å². The van der Waals surface area contributed by atoms with Crippen LogP contribution in [0.25, 0.3) is 0 Å². The van der Waals surface area contributed by atoms with Crippen molar-refractivity contribution < 1.29 is 14.4 Å². The van der Waals surface area contributed by atoms with E-state index < -0.39 is 5.97 Å². The second-order valence-corrected chi connectivity index (χ2v) is 5.07. The van der Waals surface area contributed by atoms with Crippen molar-refractivity contribution in [3.05, 3.63) is 24.6 Å². The van der Waals surface area contributed by atoms with Crippen molar-refractivity contribution in [2.24, 2.45) is 10.7 Å². The minimum atomic E-state index is -0.816. The first kappa shape index (κ1) is 16.6. The predicted octanol–water partition coefficient (Wildman–Crippen LogP) is 2.26. The molecule has 5 nitrogen and oxygen atoms in total. The van der Waals surface area contributed by atoms with Gasteiger partial charge >= 0.3 is 5.97 Å². The number of carboxylic acids is 1. The second-order valence-electron chi connectivity index (χ2n) is 5.07. The average molecular weight is 280 g/mol. The summed E-state index contributed by atoms with van der Waals surface area (Å²) < 4.78 is 0.288. The molecule has 1 aliphatic heterocycles. The molecule has 0 fully saturated rings. The average Bonchev–Trinajstić information content (AvgIpc) is 2.76. The summed E-state index contributed by atoms with van der Waals surface area (Å²) in [5, 5.41) is 9.10. The lowest BCUT2D eigenvalue weighted by atomic mass is 10.1. The Labute approximate surface area is 121 Å². The molecule has 1 unspecified atom stereocenters. The van der Waals surface area contributed by atoms with E-state index in [9.17, 15) is 4.79 Å². The van der Waals surface area contributed by atoms with Crippen LogP contribution in [0.1, 0.15) is 39.0 Å². The maximum atomic E-state index is 11.1. The lowest BCUT2D eigenvalue weighted by Gasteiger charge is -2.30. The first-order chi connectivity index (χ1) is 9.64. The van der Waals surface area contributed by atoms with Gasteiger partial charge in [-0.2, -0.15) is 0 Å². The molecule has 0 aromatic carbocycles. The number of aliphatic carboxylic acids is 1. The zero-order chi connectivity index (χ0) is 14.8. The Bertz CT molecular complexity index is 402. The van der Waals surface area contributed by atoms with E-state index in [0.29, 0.717) is 13.1 Å². The number of quaternary nitrogens is 1. The number of hydrogen-bond acceptors (Lipinski definition) is 3. The highest BCUT2D eigenvalue weighted by Gasteiger charge is 2.36. The number of hydrogen-bond donors (Lipinski definition) is 2. The molecule has 0 aromatic heterocycles. The Morgan fingerprint density at radius 3 is 2.90 bits per heavy atom. The smallest absolute Gasteiger partial charge is 0.360 e. The Balaban J connectivity index is 2.50. The Kier molecular flexibility index (Phi) is 7.18. The minimum absolute atomic E-state index is 0.0300. The molecule has 0 spiro atoms. The predicted molar refractivity (Wildman–Crippen MR) is 81.2 cm³/mol. The first-order valence-electron chi connectivity index (χ1n) is 7.33. The summed E-state index contributed by atoms with van der Waals surface area (Å²) in [5.74, 6) is 0.112. The van der Waals surface area contributed by atoms with Crippen LogP contribution in [0.2, 0.25) is 0 Å². The topological polar surface area (TPSA) is 75.7 Å². The lowest BCUT2D eigenvalue weighted by molar-refractivity contribution is -0.778. The van der Waals surface area contributed by atoms with E-state index in [1.807, 2.05) is 6.20 Å². The van der Waals surface area contributed by atoms with Crippen LogP contribution in [0.15, 0.2) is 29.5 Å².